The van der Waals surface area contributed by atoms with Gasteiger partial charge in [0.2, 0.25) is 5.91 Å². The summed E-state index contributed by atoms with van der Waals surface area (Å²) in [5.74, 6) is 0.172. The van der Waals surface area contributed by atoms with Crippen molar-refractivity contribution in [3.05, 3.63) is 58.1 Å². The van der Waals surface area contributed by atoms with Crippen LogP contribution in [0.3, 0.4) is 0 Å². The molecule has 3 rings (SSSR count). The van der Waals surface area contributed by atoms with E-state index in [1.54, 1.807) is 0 Å². The molecule has 5 nitrogen and oxygen atoms in total. The average molecular weight is 389 g/mol. The van der Waals surface area contributed by atoms with Gasteiger partial charge in [-0.15, -0.1) is 0 Å². The van der Waals surface area contributed by atoms with Gasteiger partial charge in [0.25, 0.3) is 5.91 Å². The van der Waals surface area contributed by atoms with Gasteiger partial charge in [-0.1, -0.05) is 34.1 Å². The van der Waals surface area contributed by atoms with Crippen molar-refractivity contribution in [2.24, 2.45) is 0 Å². The van der Waals surface area contributed by atoms with Crippen LogP contribution >= 0.6 is 15.9 Å². The SMILES string of the molecule is Cc1cc(Br)ccc1NC(=O)CNC(=O)C1Cc2ccccc2O1. The molecule has 0 radical (unpaired) electrons. The molecule has 1 atom stereocenters. The normalized spacial score (nSPS) is 15.3. The second-order valence-corrected chi connectivity index (χ2v) is 6.56. The van der Waals surface area contributed by atoms with Crippen molar-refractivity contribution >= 4 is 33.4 Å². The zero-order chi connectivity index (χ0) is 17.1. The maximum atomic E-state index is 12.2. The predicted molar refractivity (Wildman–Crippen MR) is 95.1 cm³/mol. The van der Waals surface area contributed by atoms with E-state index < -0.39 is 6.10 Å². The summed E-state index contributed by atoms with van der Waals surface area (Å²) in [6.07, 6.45) is -0.0558. The number of nitrogens with one attached hydrogen (secondary N) is 2. The Morgan fingerprint density at radius 1 is 1.25 bits per heavy atom. The Labute approximate surface area is 148 Å². The van der Waals surface area contributed by atoms with Gasteiger partial charge in [-0.2, -0.15) is 0 Å². The Bertz CT molecular complexity index is 767. The Hall–Kier alpha value is -2.34. The fourth-order valence-electron chi connectivity index (χ4n) is 2.57. The van der Waals surface area contributed by atoms with Crippen LogP contribution in [0.25, 0.3) is 0 Å². The summed E-state index contributed by atoms with van der Waals surface area (Å²) in [5, 5.41) is 5.41. The molecule has 0 saturated heterocycles. The summed E-state index contributed by atoms with van der Waals surface area (Å²) in [5.41, 5.74) is 2.67. The fourth-order valence-corrected chi connectivity index (χ4v) is 3.05. The monoisotopic (exact) mass is 388 g/mol. The number of ether oxygens (including phenoxy) is 1. The van der Waals surface area contributed by atoms with Gasteiger partial charge in [0, 0.05) is 16.6 Å². The van der Waals surface area contributed by atoms with E-state index in [0.717, 1.165) is 27.0 Å². The van der Waals surface area contributed by atoms with Crippen molar-refractivity contribution in [2.75, 3.05) is 11.9 Å². The molecule has 0 fully saturated rings. The third-order valence-corrected chi connectivity index (χ3v) is 4.32. The highest BCUT2D eigenvalue weighted by molar-refractivity contribution is 9.10. The number of para-hydroxylation sites is 1. The molecule has 24 heavy (non-hydrogen) atoms. The first kappa shape index (κ1) is 16.5. The van der Waals surface area contributed by atoms with Crippen LogP contribution < -0.4 is 15.4 Å². The molecule has 6 heteroatoms. The number of benzene rings is 2. The maximum Gasteiger partial charge on any atom is 0.261 e. The molecule has 1 heterocycles. The lowest BCUT2D eigenvalue weighted by molar-refractivity contribution is -0.129. The van der Waals surface area contributed by atoms with E-state index in [0.29, 0.717) is 6.42 Å². The number of hydrogen-bond acceptors (Lipinski definition) is 3. The largest absolute Gasteiger partial charge is 0.480 e. The van der Waals surface area contributed by atoms with E-state index in [9.17, 15) is 9.59 Å². The number of amides is 2. The number of carbonyl (C=O) groups is 2. The first-order valence-corrected chi connectivity index (χ1v) is 8.40. The summed E-state index contributed by atoms with van der Waals surface area (Å²) in [6.45, 7) is 1.81. The number of aryl methyl sites for hydroxylation is 1. The van der Waals surface area contributed by atoms with E-state index in [-0.39, 0.29) is 18.4 Å². The molecule has 2 N–H and O–H groups in total. The van der Waals surface area contributed by atoms with E-state index in [1.807, 2.05) is 49.4 Å². The van der Waals surface area contributed by atoms with E-state index in [1.165, 1.54) is 0 Å². The van der Waals surface area contributed by atoms with E-state index in [2.05, 4.69) is 26.6 Å². The van der Waals surface area contributed by atoms with Crippen molar-refractivity contribution in [3.63, 3.8) is 0 Å². The summed E-state index contributed by atoms with van der Waals surface area (Å²) in [7, 11) is 0. The quantitative estimate of drug-likeness (QED) is 0.845. The van der Waals surface area contributed by atoms with Crippen LogP contribution in [0.1, 0.15) is 11.1 Å². The van der Waals surface area contributed by atoms with Crippen LogP contribution in [0.4, 0.5) is 5.69 Å². The Morgan fingerprint density at radius 2 is 2.04 bits per heavy atom. The molecule has 0 saturated carbocycles. The van der Waals surface area contributed by atoms with Crippen LogP contribution in [0.15, 0.2) is 46.9 Å². The molecule has 0 bridgehead atoms. The smallest absolute Gasteiger partial charge is 0.261 e. The first-order valence-electron chi connectivity index (χ1n) is 7.61. The first-order chi connectivity index (χ1) is 11.5. The Kier molecular flexibility index (Phi) is 4.85. The van der Waals surface area contributed by atoms with Crippen molar-refractivity contribution in [3.8, 4) is 5.75 Å². The minimum atomic E-state index is -0.579. The standard InChI is InChI=1S/C18H17BrN2O3/c1-11-8-13(19)6-7-14(11)21-17(22)10-20-18(23)16-9-12-4-2-3-5-15(12)24-16/h2-8,16H,9-10H2,1H3,(H,20,23)(H,21,22). The van der Waals surface area contributed by atoms with Gasteiger partial charge in [0.1, 0.15) is 5.75 Å². The molecule has 1 aliphatic heterocycles. The summed E-state index contributed by atoms with van der Waals surface area (Å²) in [4.78, 5) is 24.2. The highest BCUT2D eigenvalue weighted by Gasteiger charge is 2.28. The molecule has 1 aliphatic rings. The number of hydrogen-bond donors (Lipinski definition) is 2. The van der Waals surface area contributed by atoms with Crippen LogP contribution in [-0.4, -0.2) is 24.5 Å². The van der Waals surface area contributed by atoms with Crippen molar-refractivity contribution in [2.45, 2.75) is 19.4 Å². The number of rotatable bonds is 4. The van der Waals surface area contributed by atoms with Crippen LogP contribution in [-0.2, 0) is 16.0 Å². The van der Waals surface area contributed by atoms with Crippen molar-refractivity contribution in [1.29, 1.82) is 0 Å². The minimum absolute atomic E-state index is 0.0927. The Morgan fingerprint density at radius 3 is 2.79 bits per heavy atom. The number of carbonyl (C=O) groups excluding carboxylic acids is 2. The van der Waals surface area contributed by atoms with Crippen molar-refractivity contribution < 1.29 is 14.3 Å². The second-order valence-electron chi connectivity index (χ2n) is 5.64. The zero-order valence-corrected chi connectivity index (χ0v) is 14.7. The predicted octanol–water partition coefficient (Wildman–Crippen LogP) is 2.82. The number of anilines is 1. The molecule has 124 valence electrons. The molecule has 2 amide bonds. The van der Waals surface area contributed by atoms with Gasteiger partial charge in [-0.3, -0.25) is 9.59 Å². The van der Waals surface area contributed by atoms with Gasteiger partial charge >= 0.3 is 0 Å². The maximum absolute atomic E-state index is 12.2. The molecule has 0 spiro atoms. The number of halogens is 1. The zero-order valence-electron chi connectivity index (χ0n) is 13.1. The summed E-state index contributed by atoms with van der Waals surface area (Å²) >= 11 is 3.38. The third-order valence-electron chi connectivity index (χ3n) is 3.83. The molecular formula is C18H17BrN2O3. The lowest BCUT2D eigenvalue weighted by Gasteiger charge is -2.12. The van der Waals surface area contributed by atoms with Gasteiger partial charge in [0.15, 0.2) is 6.10 Å². The van der Waals surface area contributed by atoms with Crippen LogP contribution in [0, 0.1) is 6.92 Å². The minimum Gasteiger partial charge on any atom is -0.480 e. The van der Waals surface area contributed by atoms with Gasteiger partial charge < -0.3 is 15.4 Å². The molecule has 2 aromatic carbocycles. The average Bonchev–Trinajstić information content (AvgIpc) is 2.99. The van der Waals surface area contributed by atoms with Crippen molar-refractivity contribution in [1.82, 2.24) is 5.32 Å². The van der Waals surface area contributed by atoms with Gasteiger partial charge in [-0.05, 0) is 42.3 Å². The van der Waals surface area contributed by atoms with Gasteiger partial charge in [-0.25, -0.2) is 0 Å². The third kappa shape index (κ3) is 3.76. The Balaban J connectivity index is 1.51. The molecular weight excluding hydrogens is 372 g/mol. The van der Waals surface area contributed by atoms with Gasteiger partial charge in [0.05, 0.1) is 6.54 Å². The second kappa shape index (κ2) is 7.05. The summed E-state index contributed by atoms with van der Waals surface area (Å²) < 4.78 is 6.55. The molecule has 0 aliphatic carbocycles. The van der Waals surface area contributed by atoms with Crippen LogP contribution in [0.2, 0.25) is 0 Å². The topological polar surface area (TPSA) is 67.4 Å². The van der Waals surface area contributed by atoms with E-state index in [4.69, 9.17) is 4.74 Å². The van der Waals surface area contributed by atoms with E-state index >= 15 is 0 Å². The molecule has 1 unspecified atom stereocenters. The number of fused-ring (bicyclic) bond motifs is 1. The fraction of sp³-hybridized carbons (Fsp3) is 0.222. The highest BCUT2D eigenvalue weighted by Crippen LogP contribution is 2.28. The molecule has 2 aromatic rings. The lowest BCUT2D eigenvalue weighted by atomic mass is 10.1. The molecule has 0 aromatic heterocycles. The van der Waals surface area contributed by atoms with Crippen LogP contribution in [0.5, 0.6) is 5.75 Å². The summed E-state index contributed by atoms with van der Waals surface area (Å²) in [6, 6.07) is 13.1. The lowest BCUT2D eigenvalue weighted by Crippen LogP contribution is -2.41. The highest BCUT2D eigenvalue weighted by atomic mass is 79.9.